The van der Waals surface area contributed by atoms with Crippen molar-refractivity contribution in [1.29, 1.82) is 0 Å². The highest BCUT2D eigenvalue weighted by molar-refractivity contribution is 5.97. The van der Waals surface area contributed by atoms with Crippen LogP contribution >= 0.6 is 0 Å². The van der Waals surface area contributed by atoms with Gasteiger partial charge in [0.1, 0.15) is 0 Å². The number of amides is 1. The molecule has 0 saturated carbocycles. The van der Waals surface area contributed by atoms with Crippen molar-refractivity contribution in [3.63, 3.8) is 0 Å². The molecule has 0 atom stereocenters. The number of nitrogens with zero attached hydrogens (tertiary/aromatic N) is 1. The number of carbonyl (C=O) groups is 1. The SMILES string of the molecule is Cc1ccc(NC(=O)O)cc1-c1cn(C)c(=O)c2ccccc12. The zero-order valence-corrected chi connectivity index (χ0v) is 12.8. The Balaban J connectivity index is 2.31. The van der Waals surface area contributed by atoms with Crippen LogP contribution in [0.4, 0.5) is 10.5 Å². The molecule has 1 aromatic heterocycles. The minimum atomic E-state index is -1.11. The average Bonchev–Trinajstić information content (AvgIpc) is 2.52. The molecule has 0 spiro atoms. The molecule has 0 aliphatic rings. The predicted octanol–water partition coefficient (Wildman–Crippen LogP) is 3.60. The molecule has 1 heterocycles. The minimum absolute atomic E-state index is 0.0539. The molecule has 0 bridgehead atoms. The molecular weight excluding hydrogens is 292 g/mol. The summed E-state index contributed by atoms with van der Waals surface area (Å²) in [6.45, 7) is 1.96. The quantitative estimate of drug-likeness (QED) is 0.759. The van der Waals surface area contributed by atoms with Gasteiger partial charge in [-0.3, -0.25) is 10.1 Å². The maximum atomic E-state index is 12.3. The summed E-state index contributed by atoms with van der Waals surface area (Å²) < 4.78 is 1.55. The Morgan fingerprint density at radius 3 is 2.48 bits per heavy atom. The van der Waals surface area contributed by atoms with E-state index < -0.39 is 6.09 Å². The summed E-state index contributed by atoms with van der Waals surface area (Å²) in [5.41, 5.74) is 3.24. The van der Waals surface area contributed by atoms with Crippen LogP contribution in [0.25, 0.3) is 21.9 Å². The third-order valence-corrected chi connectivity index (χ3v) is 3.87. The summed E-state index contributed by atoms with van der Waals surface area (Å²) in [5, 5.41) is 12.8. The van der Waals surface area contributed by atoms with Gasteiger partial charge in [0.05, 0.1) is 0 Å². The third-order valence-electron chi connectivity index (χ3n) is 3.87. The highest BCUT2D eigenvalue weighted by Gasteiger charge is 2.11. The summed E-state index contributed by atoms with van der Waals surface area (Å²) in [7, 11) is 1.72. The lowest BCUT2D eigenvalue weighted by molar-refractivity contribution is 0.210. The van der Waals surface area contributed by atoms with E-state index in [1.54, 1.807) is 36.0 Å². The summed E-state index contributed by atoms with van der Waals surface area (Å²) in [5.74, 6) is 0. The van der Waals surface area contributed by atoms with Crippen molar-refractivity contribution in [2.45, 2.75) is 6.92 Å². The zero-order valence-electron chi connectivity index (χ0n) is 12.8. The van der Waals surface area contributed by atoms with E-state index in [1.165, 1.54) is 0 Å². The molecule has 0 aliphatic heterocycles. The zero-order chi connectivity index (χ0) is 16.6. The molecule has 2 N–H and O–H groups in total. The molecule has 5 heteroatoms. The third kappa shape index (κ3) is 2.68. The van der Waals surface area contributed by atoms with Crippen LogP contribution in [0.5, 0.6) is 0 Å². The van der Waals surface area contributed by atoms with Crippen LogP contribution in [0.3, 0.4) is 0 Å². The van der Waals surface area contributed by atoms with Crippen LogP contribution in [-0.2, 0) is 7.05 Å². The molecule has 0 radical (unpaired) electrons. The topological polar surface area (TPSA) is 71.3 Å². The van der Waals surface area contributed by atoms with E-state index in [-0.39, 0.29) is 5.56 Å². The van der Waals surface area contributed by atoms with Gasteiger partial charge in [0.15, 0.2) is 0 Å². The van der Waals surface area contributed by atoms with Gasteiger partial charge in [0.2, 0.25) is 0 Å². The highest BCUT2D eigenvalue weighted by atomic mass is 16.4. The largest absolute Gasteiger partial charge is 0.465 e. The molecular formula is C18H16N2O3. The Morgan fingerprint density at radius 2 is 1.78 bits per heavy atom. The highest BCUT2D eigenvalue weighted by Crippen LogP contribution is 2.31. The first-order valence-electron chi connectivity index (χ1n) is 7.16. The van der Waals surface area contributed by atoms with Crippen LogP contribution in [-0.4, -0.2) is 15.8 Å². The second-order valence-corrected chi connectivity index (χ2v) is 5.46. The van der Waals surface area contributed by atoms with E-state index in [9.17, 15) is 9.59 Å². The van der Waals surface area contributed by atoms with Crippen LogP contribution in [0.15, 0.2) is 53.5 Å². The Labute approximate surface area is 132 Å². The first-order valence-corrected chi connectivity index (χ1v) is 7.16. The summed E-state index contributed by atoms with van der Waals surface area (Å²) in [4.78, 5) is 23.1. The van der Waals surface area contributed by atoms with Crippen LogP contribution in [0.1, 0.15) is 5.56 Å². The first kappa shape index (κ1) is 14.8. The number of fused-ring (bicyclic) bond motifs is 1. The second kappa shape index (κ2) is 5.61. The molecule has 116 valence electrons. The Bertz CT molecular complexity index is 974. The van der Waals surface area contributed by atoms with E-state index in [4.69, 9.17) is 5.11 Å². The monoisotopic (exact) mass is 308 g/mol. The van der Waals surface area contributed by atoms with Gasteiger partial charge in [-0.2, -0.15) is 0 Å². The smallest absolute Gasteiger partial charge is 0.409 e. The molecule has 0 unspecified atom stereocenters. The molecule has 0 aliphatic carbocycles. The summed E-state index contributed by atoms with van der Waals surface area (Å²) in [6.07, 6.45) is 0.683. The lowest BCUT2D eigenvalue weighted by Gasteiger charge is -2.13. The fourth-order valence-electron chi connectivity index (χ4n) is 2.74. The number of rotatable bonds is 2. The maximum absolute atomic E-state index is 12.3. The lowest BCUT2D eigenvalue weighted by Crippen LogP contribution is -2.16. The number of pyridine rings is 1. The van der Waals surface area contributed by atoms with E-state index in [1.807, 2.05) is 31.2 Å². The van der Waals surface area contributed by atoms with Crippen molar-refractivity contribution < 1.29 is 9.90 Å². The summed E-state index contributed by atoms with van der Waals surface area (Å²) >= 11 is 0. The van der Waals surface area contributed by atoms with Crippen LogP contribution in [0.2, 0.25) is 0 Å². The fraction of sp³-hybridized carbons (Fsp3) is 0.111. The predicted molar refractivity (Wildman–Crippen MR) is 91.0 cm³/mol. The van der Waals surface area contributed by atoms with Crippen molar-refractivity contribution in [3.8, 4) is 11.1 Å². The Morgan fingerprint density at radius 1 is 1.09 bits per heavy atom. The van der Waals surface area contributed by atoms with Crippen molar-refractivity contribution in [1.82, 2.24) is 4.57 Å². The first-order chi connectivity index (χ1) is 11.0. The van der Waals surface area contributed by atoms with Crippen molar-refractivity contribution >= 4 is 22.6 Å². The van der Waals surface area contributed by atoms with Crippen LogP contribution < -0.4 is 10.9 Å². The number of anilines is 1. The average molecular weight is 308 g/mol. The van der Waals surface area contributed by atoms with Gasteiger partial charge in [-0.1, -0.05) is 24.3 Å². The van der Waals surface area contributed by atoms with Gasteiger partial charge in [0, 0.05) is 29.9 Å². The van der Waals surface area contributed by atoms with E-state index in [0.717, 1.165) is 22.1 Å². The van der Waals surface area contributed by atoms with Crippen molar-refractivity contribution in [3.05, 3.63) is 64.6 Å². The minimum Gasteiger partial charge on any atom is -0.465 e. The van der Waals surface area contributed by atoms with Gasteiger partial charge in [0.25, 0.3) is 5.56 Å². The fourth-order valence-corrected chi connectivity index (χ4v) is 2.74. The molecule has 5 nitrogen and oxygen atoms in total. The molecule has 2 aromatic carbocycles. The van der Waals surface area contributed by atoms with Crippen molar-refractivity contribution in [2.75, 3.05) is 5.32 Å². The van der Waals surface area contributed by atoms with Gasteiger partial charge >= 0.3 is 6.09 Å². The molecule has 3 rings (SSSR count). The van der Waals surface area contributed by atoms with E-state index in [0.29, 0.717) is 11.1 Å². The van der Waals surface area contributed by atoms with Crippen molar-refractivity contribution in [2.24, 2.45) is 7.05 Å². The molecule has 3 aromatic rings. The normalized spacial score (nSPS) is 10.7. The van der Waals surface area contributed by atoms with E-state index in [2.05, 4.69) is 5.32 Å². The number of hydrogen-bond acceptors (Lipinski definition) is 2. The Kier molecular flexibility index (Phi) is 3.62. The maximum Gasteiger partial charge on any atom is 0.409 e. The molecule has 0 fully saturated rings. The standard InChI is InChI=1S/C18H16N2O3/c1-11-7-8-12(19-18(22)23)9-15(11)16-10-20(2)17(21)14-6-4-3-5-13(14)16/h3-10,19H,1-2H3,(H,22,23). The van der Waals surface area contributed by atoms with Gasteiger partial charge in [-0.15, -0.1) is 0 Å². The summed E-state index contributed by atoms with van der Waals surface area (Å²) in [6, 6.07) is 12.8. The molecule has 0 saturated heterocycles. The van der Waals surface area contributed by atoms with E-state index >= 15 is 0 Å². The van der Waals surface area contributed by atoms with Gasteiger partial charge in [-0.25, -0.2) is 4.79 Å². The molecule has 23 heavy (non-hydrogen) atoms. The van der Waals surface area contributed by atoms with Gasteiger partial charge < -0.3 is 9.67 Å². The number of nitrogens with one attached hydrogen (secondary N) is 1. The Hall–Kier alpha value is -3.08. The number of hydrogen-bond donors (Lipinski definition) is 2. The number of benzene rings is 2. The number of aryl methyl sites for hydroxylation is 2. The number of aromatic nitrogens is 1. The second-order valence-electron chi connectivity index (χ2n) is 5.46. The number of carboxylic acid groups (broad SMARTS) is 1. The lowest BCUT2D eigenvalue weighted by atomic mass is 9.96. The van der Waals surface area contributed by atoms with Crippen LogP contribution in [0, 0.1) is 6.92 Å². The van der Waals surface area contributed by atoms with Gasteiger partial charge in [-0.05, 0) is 41.6 Å². The molecule has 1 amide bonds.